The van der Waals surface area contributed by atoms with Gasteiger partial charge in [0.2, 0.25) is 11.7 Å². The molecule has 6 heteroatoms. The molecule has 1 atom stereocenters. The van der Waals surface area contributed by atoms with E-state index < -0.39 is 0 Å². The van der Waals surface area contributed by atoms with Crippen molar-refractivity contribution in [2.24, 2.45) is 0 Å². The minimum absolute atomic E-state index is 0.190. The van der Waals surface area contributed by atoms with Gasteiger partial charge in [0.1, 0.15) is 5.82 Å². The number of benzene rings is 1. The first-order valence-electron chi connectivity index (χ1n) is 8.33. The van der Waals surface area contributed by atoms with E-state index in [1.807, 2.05) is 6.92 Å². The Hall–Kier alpha value is -2.63. The van der Waals surface area contributed by atoms with Gasteiger partial charge in [-0.15, -0.1) is 0 Å². The number of hydrogen-bond donors (Lipinski definition) is 1. The Labute approximate surface area is 141 Å². The highest BCUT2D eigenvalue weighted by atomic mass is 16.5. The van der Waals surface area contributed by atoms with Crippen molar-refractivity contribution in [3.8, 4) is 11.4 Å². The van der Waals surface area contributed by atoms with Crippen LogP contribution >= 0.6 is 0 Å². The van der Waals surface area contributed by atoms with E-state index in [0.717, 1.165) is 18.4 Å². The number of nitrogens with two attached hydrogens (primary N) is 1. The molecule has 0 saturated heterocycles. The quantitative estimate of drug-likeness (QED) is 0.749. The van der Waals surface area contributed by atoms with Crippen molar-refractivity contribution in [1.82, 2.24) is 19.9 Å². The third-order valence-electron chi connectivity index (χ3n) is 4.27. The number of anilines is 1. The van der Waals surface area contributed by atoms with Crippen LogP contribution in [0.1, 0.15) is 43.2 Å². The number of aromatic nitrogens is 4. The van der Waals surface area contributed by atoms with Gasteiger partial charge in [-0.2, -0.15) is 10.1 Å². The van der Waals surface area contributed by atoms with Crippen molar-refractivity contribution in [2.75, 3.05) is 5.73 Å². The lowest BCUT2D eigenvalue weighted by atomic mass is 9.96. The maximum atomic E-state index is 6.08. The topological polar surface area (TPSA) is 82.8 Å². The van der Waals surface area contributed by atoms with Gasteiger partial charge in [-0.25, -0.2) is 4.68 Å². The Balaban J connectivity index is 1.83. The van der Waals surface area contributed by atoms with Crippen LogP contribution < -0.4 is 5.73 Å². The number of nitrogens with zero attached hydrogens (tertiary/aromatic N) is 4. The molecular formula is C18H23N5O. The lowest BCUT2D eigenvalue weighted by Gasteiger charge is -2.10. The summed E-state index contributed by atoms with van der Waals surface area (Å²) in [7, 11) is 0. The molecule has 0 saturated carbocycles. The first-order chi connectivity index (χ1) is 11.6. The van der Waals surface area contributed by atoms with Crippen molar-refractivity contribution < 1.29 is 4.52 Å². The van der Waals surface area contributed by atoms with E-state index in [1.165, 1.54) is 11.1 Å². The van der Waals surface area contributed by atoms with Crippen LogP contribution in [0, 0.1) is 6.92 Å². The second-order valence-corrected chi connectivity index (χ2v) is 6.01. The van der Waals surface area contributed by atoms with Crippen LogP contribution in [-0.2, 0) is 13.0 Å². The molecular weight excluding hydrogens is 302 g/mol. The Morgan fingerprint density at radius 1 is 1.29 bits per heavy atom. The molecule has 0 fully saturated rings. The zero-order chi connectivity index (χ0) is 17.1. The molecule has 3 aromatic rings. The fourth-order valence-corrected chi connectivity index (χ4v) is 2.86. The summed E-state index contributed by atoms with van der Waals surface area (Å²) in [5, 5.41) is 8.34. The van der Waals surface area contributed by atoms with Crippen LogP contribution in [0.25, 0.3) is 11.4 Å². The second-order valence-electron chi connectivity index (χ2n) is 6.01. The molecule has 24 heavy (non-hydrogen) atoms. The Morgan fingerprint density at radius 2 is 2.12 bits per heavy atom. The Bertz CT molecular complexity index is 820. The zero-order valence-corrected chi connectivity index (χ0v) is 14.4. The third-order valence-corrected chi connectivity index (χ3v) is 4.27. The van der Waals surface area contributed by atoms with Crippen LogP contribution in [0.15, 0.2) is 35.0 Å². The van der Waals surface area contributed by atoms with Crippen molar-refractivity contribution in [3.05, 3.63) is 47.5 Å². The highest BCUT2D eigenvalue weighted by Gasteiger charge is 2.21. The van der Waals surface area contributed by atoms with E-state index in [9.17, 15) is 0 Å². The molecule has 3 rings (SSSR count). The van der Waals surface area contributed by atoms with Crippen molar-refractivity contribution in [3.63, 3.8) is 0 Å². The lowest BCUT2D eigenvalue weighted by molar-refractivity contribution is 0.348. The van der Waals surface area contributed by atoms with Gasteiger partial charge in [-0.05, 0) is 32.3 Å². The van der Waals surface area contributed by atoms with Crippen LogP contribution in [0.4, 0.5) is 5.82 Å². The van der Waals surface area contributed by atoms with Gasteiger partial charge in [0, 0.05) is 12.5 Å². The molecule has 0 radical (unpaired) electrons. The predicted molar refractivity (Wildman–Crippen MR) is 93.5 cm³/mol. The first kappa shape index (κ1) is 16.2. The summed E-state index contributed by atoms with van der Waals surface area (Å²) in [4.78, 5) is 4.57. The summed E-state index contributed by atoms with van der Waals surface area (Å²) in [6, 6.07) is 8.51. The highest BCUT2D eigenvalue weighted by molar-refractivity contribution is 5.67. The van der Waals surface area contributed by atoms with Crippen LogP contribution in [0.3, 0.4) is 0 Å². The van der Waals surface area contributed by atoms with Crippen molar-refractivity contribution in [2.45, 2.75) is 46.1 Å². The van der Waals surface area contributed by atoms with Crippen LogP contribution in [0.5, 0.6) is 0 Å². The van der Waals surface area contributed by atoms with Crippen molar-refractivity contribution in [1.29, 1.82) is 0 Å². The summed E-state index contributed by atoms with van der Waals surface area (Å²) < 4.78 is 7.24. The normalized spacial score (nSPS) is 12.5. The molecule has 0 amide bonds. The van der Waals surface area contributed by atoms with Crippen molar-refractivity contribution >= 4 is 5.82 Å². The molecule has 126 valence electrons. The molecule has 0 aliphatic carbocycles. The Kier molecular flexibility index (Phi) is 4.64. The van der Waals surface area contributed by atoms with Crippen LogP contribution in [0.2, 0.25) is 0 Å². The maximum Gasteiger partial charge on any atom is 0.230 e. The lowest BCUT2D eigenvalue weighted by Crippen LogP contribution is -2.03. The van der Waals surface area contributed by atoms with Gasteiger partial charge in [0.05, 0.1) is 11.8 Å². The number of nitrogen functional groups attached to an aromatic ring is 1. The fourth-order valence-electron chi connectivity index (χ4n) is 2.86. The largest absolute Gasteiger partial charge is 0.383 e. The fraction of sp³-hybridized carbons (Fsp3) is 0.389. The molecule has 0 aliphatic rings. The van der Waals surface area contributed by atoms with Gasteiger partial charge in [-0.3, -0.25) is 0 Å². The molecule has 2 heterocycles. The molecule has 0 aliphatic heterocycles. The summed E-state index contributed by atoms with van der Waals surface area (Å²) >= 11 is 0. The molecule has 6 nitrogen and oxygen atoms in total. The Morgan fingerprint density at radius 3 is 2.79 bits per heavy atom. The van der Waals surface area contributed by atoms with Gasteiger partial charge in [0.25, 0.3) is 0 Å². The minimum Gasteiger partial charge on any atom is -0.383 e. The second kappa shape index (κ2) is 6.86. The number of hydrogen-bond acceptors (Lipinski definition) is 5. The monoisotopic (exact) mass is 325 g/mol. The zero-order valence-electron chi connectivity index (χ0n) is 14.4. The molecule has 2 N–H and O–H groups in total. The average Bonchev–Trinajstić information content (AvgIpc) is 3.19. The minimum atomic E-state index is 0.190. The van der Waals surface area contributed by atoms with E-state index in [1.54, 1.807) is 10.9 Å². The van der Waals surface area contributed by atoms with Gasteiger partial charge in [0.15, 0.2) is 0 Å². The first-order valence-corrected chi connectivity index (χ1v) is 8.33. The molecule has 2 aromatic heterocycles. The SMILES string of the molecule is CCC(Cc1cccc(C)c1)c1nc(-c2cnn(CC)c2N)no1. The summed E-state index contributed by atoms with van der Waals surface area (Å²) in [6.07, 6.45) is 3.50. The average molecular weight is 325 g/mol. The molecule has 1 aromatic carbocycles. The number of aryl methyl sites for hydroxylation is 2. The molecule has 0 bridgehead atoms. The third kappa shape index (κ3) is 3.18. The van der Waals surface area contributed by atoms with Gasteiger partial charge < -0.3 is 10.3 Å². The van der Waals surface area contributed by atoms with E-state index in [2.05, 4.69) is 53.4 Å². The predicted octanol–water partition coefficient (Wildman–Crippen LogP) is 3.58. The van der Waals surface area contributed by atoms with Gasteiger partial charge in [-0.1, -0.05) is 41.9 Å². The van der Waals surface area contributed by atoms with E-state index in [4.69, 9.17) is 10.3 Å². The smallest absolute Gasteiger partial charge is 0.230 e. The summed E-state index contributed by atoms with van der Waals surface area (Å²) in [6.45, 7) is 6.93. The summed E-state index contributed by atoms with van der Waals surface area (Å²) in [5.41, 5.74) is 9.34. The maximum absolute atomic E-state index is 6.08. The van der Waals surface area contributed by atoms with Crippen LogP contribution in [-0.4, -0.2) is 19.9 Å². The van der Waals surface area contributed by atoms with E-state index in [0.29, 0.717) is 24.1 Å². The highest BCUT2D eigenvalue weighted by Crippen LogP contribution is 2.28. The molecule has 0 spiro atoms. The van der Waals surface area contributed by atoms with Gasteiger partial charge >= 0.3 is 0 Å². The standard InChI is InChI=1S/C18H23N5O/c1-4-14(10-13-8-6-7-12(3)9-13)18-21-17(22-24-18)15-11-20-23(5-2)16(15)19/h6-9,11,14H,4-5,10,19H2,1-3H3. The van der Waals surface area contributed by atoms with E-state index >= 15 is 0 Å². The van der Waals surface area contributed by atoms with E-state index in [-0.39, 0.29) is 5.92 Å². The summed E-state index contributed by atoms with van der Waals surface area (Å²) in [5.74, 6) is 1.91. The number of rotatable bonds is 6. The molecule has 1 unspecified atom stereocenters.